The van der Waals surface area contributed by atoms with Gasteiger partial charge in [0.15, 0.2) is 0 Å². The predicted octanol–water partition coefficient (Wildman–Crippen LogP) is 8.30. The van der Waals surface area contributed by atoms with Gasteiger partial charge in [-0.05, 0) is 89.5 Å². The Hall–Kier alpha value is -4.05. The first-order chi connectivity index (χ1) is 19.1. The number of hydrogen-bond donors (Lipinski definition) is 0. The van der Waals surface area contributed by atoms with E-state index in [-0.39, 0.29) is 5.97 Å². The van der Waals surface area contributed by atoms with Gasteiger partial charge in [-0.3, -0.25) is 0 Å². The van der Waals surface area contributed by atoms with Gasteiger partial charge < -0.3 is 14.5 Å². The van der Waals surface area contributed by atoms with Gasteiger partial charge in [0.1, 0.15) is 5.75 Å². The first-order valence-electron chi connectivity index (χ1n) is 14.2. The second-order valence-corrected chi connectivity index (χ2v) is 10.9. The van der Waals surface area contributed by atoms with Crippen molar-refractivity contribution in [2.24, 2.45) is 0 Å². The van der Waals surface area contributed by atoms with Crippen molar-refractivity contribution in [2.45, 2.75) is 59.0 Å². The number of nitrogens with zero attached hydrogens (tertiary/aromatic N) is 2. The molecule has 0 saturated heterocycles. The lowest BCUT2D eigenvalue weighted by Gasteiger charge is -2.45. The van der Waals surface area contributed by atoms with Crippen LogP contribution in [0.1, 0.15) is 65.2 Å². The van der Waals surface area contributed by atoms with Crippen LogP contribution < -0.4 is 14.5 Å². The van der Waals surface area contributed by atoms with Gasteiger partial charge in [-0.2, -0.15) is 0 Å². The summed E-state index contributed by atoms with van der Waals surface area (Å²) in [6.45, 7) is 7.03. The summed E-state index contributed by atoms with van der Waals surface area (Å²) < 4.78 is 5.72. The van der Waals surface area contributed by atoms with E-state index in [0.29, 0.717) is 11.3 Å². The maximum atomic E-state index is 13.2. The fourth-order valence-corrected chi connectivity index (χ4v) is 6.07. The van der Waals surface area contributed by atoms with Crippen LogP contribution in [0.3, 0.4) is 0 Å². The highest BCUT2D eigenvalue weighted by molar-refractivity contribution is 5.99. The molecule has 39 heavy (non-hydrogen) atoms. The molecular weight excluding hydrogens is 480 g/mol. The van der Waals surface area contributed by atoms with E-state index in [1.54, 1.807) is 12.1 Å². The van der Waals surface area contributed by atoms with Crippen molar-refractivity contribution < 1.29 is 9.53 Å². The quantitative estimate of drug-likeness (QED) is 0.134. The number of esters is 1. The SMILES string of the molecule is CCCCCCc1ccc2c(c1)CN1CN2Cc2cc(-c3c(C)cccc3C(=O)Oc3ccccc3)ccc21. The molecule has 0 radical (unpaired) electrons. The molecule has 0 spiro atoms. The number of fused-ring (bicyclic) bond motifs is 6. The Morgan fingerprint density at radius 1 is 0.795 bits per heavy atom. The van der Waals surface area contributed by atoms with Crippen LogP contribution in [0.2, 0.25) is 0 Å². The summed E-state index contributed by atoms with van der Waals surface area (Å²) in [4.78, 5) is 18.2. The molecule has 0 unspecified atom stereocenters. The van der Waals surface area contributed by atoms with E-state index >= 15 is 0 Å². The number of carbonyl (C=O) groups excluding carboxylic acids is 1. The van der Waals surface area contributed by atoms with Crippen molar-refractivity contribution in [1.29, 1.82) is 0 Å². The van der Waals surface area contributed by atoms with E-state index < -0.39 is 0 Å². The Morgan fingerprint density at radius 3 is 2.31 bits per heavy atom. The first kappa shape index (κ1) is 25.2. The number of benzene rings is 4. The second kappa shape index (κ2) is 11.0. The third kappa shape index (κ3) is 5.16. The molecule has 6 rings (SSSR count). The minimum atomic E-state index is -0.332. The van der Waals surface area contributed by atoms with Crippen LogP contribution in [0.15, 0.2) is 84.9 Å². The number of ether oxygens (including phenoxy) is 1. The summed E-state index contributed by atoms with van der Waals surface area (Å²) in [6, 6.07) is 28.9. The minimum absolute atomic E-state index is 0.332. The molecule has 198 valence electrons. The molecule has 2 heterocycles. The van der Waals surface area contributed by atoms with Gasteiger partial charge in [0.2, 0.25) is 0 Å². The van der Waals surface area contributed by atoms with Crippen LogP contribution in [0.5, 0.6) is 5.75 Å². The largest absolute Gasteiger partial charge is 0.423 e. The molecule has 4 aromatic carbocycles. The number of para-hydroxylation sites is 1. The minimum Gasteiger partial charge on any atom is -0.423 e. The Morgan fingerprint density at radius 2 is 1.54 bits per heavy atom. The van der Waals surface area contributed by atoms with Gasteiger partial charge in [0.05, 0.1) is 12.2 Å². The van der Waals surface area contributed by atoms with E-state index in [4.69, 9.17) is 4.74 Å². The van der Waals surface area contributed by atoms with Crippen LogP contribution in [0.4, 0.5) is 11.4 Å². The maximum absolute atomic E-state index is 13.2. The van der Waals surface area contributed by atoms with Gasteiger partial charge in [0, 0.05) is 24.5 Å². The monoisotopic (exact) mass is 516 g/mol. The zero-order valence-electron chi connectivity index (χ0n) is 23.0. The Bertz CT molecular complexity index is 1490. The molecule has 0 fully saturated rings. The summed E-state index contributed by atoms with van der Waals surface area (Å²) in [6.07, 6.45) is 6.35. The van der Waals surface area contributed by atoms with Crippen molar-refractivity contribution in [3.8, 4) is 16.9 Å². The molecule has 0 amide bonds. The number of aryl methyl sites for hydroxylation is 2. The van der Waals surface area contributed by atoms with Gasteiger partial charge in [0.25, 0.3) is 0 Å². The summed E-state index contributed by atoms with van der Waals surface area (Å²) in [5.74, 6) is 0.220. The van der Waals surface area contributed by atoms with E-state index in [0.717, 1.165) is 36.4 Å². The molecule has 4 heteroatoms. The average molecular weight is 517 g/mol. The van der Waals surface area contributed by atoms with Gasteiger partial charge in [-0.1, -0.05) is 74.7 Å². The third-order valence-electron chi connectivity index (χ3n) is 8.02. The molecule has 4 nitrogen and oxygen atoms in total. The van der Waals surface area contributed by atoms with Crippen LogP contribution in [-0.4, -0.2) is 12.6 Å². The Balaban J connectivity index is 1.27. The number of unbranched alkanes of at least 4 members (excludes halogenated alkanes) is 3. The van der Waals surface area contributed by atoms with Crippen molar-refractivity contribution in [2.75, 3.05) is 16.5 Å². The fraction of sp³-hybridized carbons (Fsp3) is 0.286. The zero-order chi connectivity index (χ0) is 26.8. The summed E-state index contributed by atoms with van der Waals surface area (Å²) in [5, 5.41) is 0. The van der Waals surface area contributed by atoms with Crippen LogP contribution >= 0.6 is 0 Å². The van der Waals surface area contributed by atoms with Gasteiger partial charge in [-0.25, -0.2) is 4.79 Å². The number of anilines is 2. The normalized spacial score (nSPS) is 13.6. The van der Waals surface area contributed by atoms with Crippen molar-refractivity contribution in [3.63, 3.8) is 0 Å². The topological polar surface area (TPSA) is 32.8 Å². The highest BCUT2D eigenvalue weighted by Gasteiger charge is 2.30. The number of rotatable bonds is 8. The molecule has 2 bridgehead atoms. The average Bonchev–Trinajstić information content (AvgIpc) is 2.95. The zero-order valence-corrected chi connectivity index (χ0v) is 23.0. The highest BCUT2D eigenvalue weighted by atomic mass is 16.5. The first-order valence-corrected chi connectivity index (χ1v) is 14.2. The lowest BCUT2D eigenvalue weighted by atomic mass is 9.92. The summed E-state index contributed by atoms with van der Waals surface area (Å²) in [5.41, 5.74) is 10.5. The van der Waals surface area contributed by atoms with Crippen LogP contribution in [0.25, 0.3) is 11.1 Å². The lowest BCUT2D eigenvalue weighted by Crippen LogP contribution is -2.46. The molecule has 2 aliphatic heterocycles. The Kier molecular flexibility index (Phi) is 7.10. The van der Waals surface area contributed by atoms with E-state index in [9.17, 15) is 4.79 Å². The standard InChI is InChI=1S/C35H36N2O2/c1-3-4-5-7-12-26-16-18-32-28(20-26)22-36-24-37(32)23-29-21-27(17-19-33(29)36)34-25(2)11-10-15-31(34)35(38)39-30-13-8-6-9-14-30/h6,8-11,13-21H,3-5,7,12,22-24H2,1-2H3. The van der Waals surface area contributed by atoms with E-state index in [2.05, 4.69) is 66.1 Å². The second-order valence-electron chi connectivity index (χ2n) is 10.9. The lowest BCUT2D eigenvalue weighted by molar-refractivity contribution is 0.0735. The van der Waals surface area contributed by atoms with Crippen molar-refractivity contribution in [3.05, 3.63) is 113 Å². The number of hydrogen-bond acceptors (Lipinski definition) is 4. The van der Waals surface area contributed by atoms with Crippen molar-refractivity contribution >= 4 is 17.3 Å². The fourth-order valence-electron chi connectivity index (χ4n) is 6.07. The molecule has 0 saturated carbocycles. The van der Waals surface area contributed by atoms with E-state index in [1.165, 1.54) is 60.2 Å². The smallest absolute Gasteiger partial charge is 0.344 e. The molecule has 0 atom stereocenters. The molecule has 4 aromatic rings. The summed E-state index contributed by atoms with van der Waals surface area (Å²) in [7, 11) is 0. The van der Waals surface area contributed by atoms with E-state index in [1.807, 2.05) is 30.3 Å². The summed E-state index contributed by atoms with van der Waals surface area (Å²) >= 11 is 0. The third-order valence-corrected chi connectivity index (χ3v) is 8.02. The van der Waals surface area contributed by atoms with Crippen molar-refractivity contribution in [1.82, 2.24) is 0 Å². The molecule has 0 N–H and O–H groups in total. The molecule has 0 aliphatic carbocycles. The number of carbonyl (C=O) groups is 1. The van der Waals surface area contributed by atoms with Crippen LogP contribution in [0, 0.1) is 6.92 Å². The molecule has 2 aliphatic rings. The molecule has 0 aromatic heterocycles. The van der Waals surface area contributed by atoms with Gasteiger partial charge >= 0.3 is 5.97 Å². The maximum Gasteiger partial charge on any atom is 0.344 e. The molecular formula is C35H36N2O2. The Labute approximate surface area is 231 Å². The van der Waals surface area contributed by atoms with Gasteiger partial charge in [-0.15, -0.1) is 0 Å². The highest BCUT2D eigenvalue weighted by Crippen LogP contribution is 2.40. The van der Waals surface area contributed by atoms with Crippen LogP contribution in [-0.2, 0) is 19.5 Å². The predicted molar refractivity (Wildman–Crippen MR) is 160 cm³/mol.